The maximum atomic E-state index is 11.3. The number of Topliss-reactive ketones (excluding diaryl/α,β-unsaturated/α-hetero) is 1. The van der Waals surface area contributed by atoms with Crippen molar-refractivity contribution in [1.82, 2.24) is 0 Å². The minimum atomic E-state index is -0.778. The Balaban J connectivity index is 1.71. The minimum absolute atomic E-state index is 0.00724. The Bertz CT molecular complexity index is 467. The number of aliphatic hydroxyl groups is 1. The van der Waals surface area contributed by atoms with Crippen molar-refractivity contribution < 1.29 is 9.90 Å². The summed E-state index contributed by atoms with van der Waals surface area (Å²) < 4.78 is 0. The Morgan fingerprint density at radius 1 is 0.679 bits per heavy atom. The van der Waals surface area contributed by atoms with Gasteiger partial charge in [-0.2, -0.15) is 0 Å². The average molecular weight is 389 g/mol. The first kappa shape index (κ1) is 24.9. The van der Waals surface area contributed by atoms with E-state index < -0.39 is 6.10 Å². The van der Waals surface area contributed by atoms with E-state index in [1.807, 2.05) is 0 Å². The van der Waals surface area contributed by atoms with Crippen LogP contribution in [0.4, 0.5) is 0 Å². The van der Waals surface area contributed by atoms with Gasteiger partial charge in [-0.3, -0.25) is 4.79 Å². The Morgan fingerprint density at radius 3 is 1.50 bits per heavy atom. The number of aliphatic hydroxyl groups excluding tert-OH is 1. The Morgan fingerprint density at radius 2 is 1.07 bits per heavy atom. The van der Waals surface area contributed by atoms with Crippen LogP contribution in [-0.2, 0) is 11.2 Å². The van der Waals surface area contributed by atoms with Gasteiger partial charge in [0.25, 0.3) is 0 Å². The van der Waals surface area contributed by atoms with Gasteiger partial charge in [0, 0.05) is 6.42 Å². The van der Waals surface area contributed by atoms with Crippen LogP contribution in [0.1, 0.15) is 115 Å². The van der Waals surface area contributed by atoms with Crippen molar-refractivity contribution in [2.75, 3.05) is 0 Å². The van der Waals surface area contributed by atoms with Crippen LogP contribution in [0.15, 0.2) is 30.3 Å². The normalized spacial score (nSPS) is 12.2. The molecule has 1 unspecified atom stereocenters. The standard InChI is InChI=1S/C26H44O2/c1-24(27)26(28)23-19-14-12-10-8-6-4-2-3-5-7-9-11-13-16-20-25-21-17-15-18-22-25/h15,17-18,21-22,24,27H,2-14,16,19-20,23H2,1H3. The van der Waals surface area contributed by atoms with E-state index in [0.717, 1.165) is 12.8 Å². The number of carbonyl (C=O) groups is 1. The molecule has 0 aliphatic heterocycles. The van der Waals surface area contributed by atoms with Crippen molar-refractivity contribution in [2.45, 2.75) is 122 Å². The number of ketones is 1. The van der Waals surface area contributed by atoms with Crippen molar-refractivity contribution in [3.63, 3.8) is 0 Å². The molecular formula is C26H44O2. The van der Waals surface area contributed by atoms with Gasteiger partial charge in [-0.05, 0) is 31.7 Å². The topological polar surface area (TPSA) is 37.3 Å². The molecule has 1 N–H and O–H groups in total. The fraction of sp³-hybridized carbons (Fsp3) is 0.731. The summed E-state index contributed by atoms with van der Waals surface area (Å²) in [7, 11) is 0. The molecule has 0 aliphatic carbocycles. The first-order valence-electron chi connectivity index (χ1n) is 11.9. The molecule has 0 aromatic heterocycles. The van der Waals surface area contributed by atoms with Gasteiger partial charge in [0.1, 0.15) is 6.10 Å². The molecular weight excluding hydrogens is 344 g/mol. The fourth-order valence-corrected chi connectivity index (χ4v) is 3.78. The van der Waals surface area contributed by atoms with E-state index in [2.05, 4.69) is 30.3 Å². The van der Waals surface area contributed by atoms with Crippen LogP contribution in [0, 0.1) is 0 Å². The number of unbranched alkanes of at least 4 members (excludes halogenated alkanes) is 14. The summed E-state index contributed by atoms with van der Waals surface area (Å²) in [6.45, 7) is 1.57. The third-order valence-electron chi connectivity index (χ3n) is 5.70. The molecule has 0 heterocycles. The summed E-state index contributed by atoms with van der Waals surface area (Å²) in [6, 6.07) is 10.8. The third kappa shape index (κ3) is 14.9. The number of hydrogen-bond acceptors (Lipinski definition) is 2. The largest absolute Gasteiger partial charge is 0.386 e. The maximum absolute atomic E-state index is 11.3. The molecule has 0 radical (unpaired) electrons. The van der Waals surface area contributed by atoms with Crippen molar-refractivity contribution in [3.8, 4) is 0 Å². The predicted octanol–water partition coefficient (Wildman–Crippen LogP) is 7.42. The Hall–Kier alpha value is -1.15. The van der Waals surface area contributed by atoms with E-state index in [1.165, 1.54) is 95.5 Å². The zero-order valence-electron chi connectivity index (χ0n) is 18.3. The first-order valence-corrected chi connectivity index (χ1v) is 11.9. The lowest BCUT2D eigenvalue weighted by Gasteiger charge is -2.04. The second-order valence-electron chi connectivity index (χ2n) is 8.43. The van der Waals surface area contributed by atoms with Crippen LogP contribution in [0.3, 0.4) is 0 Å². The van der Waals surface area contributed by atoms with Gasteiger partial charge in [0.2, 0.25) is 0 Å². The summed E-state index contributed by atoms with van der Waals surface area (Å²) in [5, 5.41) is 9.14. The highest BCUT2D eigenvalue weighted by Gasteiger charge is 2.07. The van der Waals surface area contributed by atoms with Crippen LogP contribution in [-0.4, -0.2) is 17.0 Å². The van der Waals surface area contributed by atoms with Gasteiger partial charge in [-0.25, -0.2) is 0 Å². The molecule has 0 saturated heterocycles. The molecule has 2 heteroatoms. The molecule has 0 aliphatic rings. The Kier molecular flexibility index (Phi) is 15.9. The fourth-order valence-electron chi connectivity index (χ4n) is 3.78. The van der Waals surface area contributed by atoms with E-state index >= 15 is 0 Å². The minimum Gasteiger partial charge on any atom is -0.386 e. The molecule has 1 atom stereocenters. The number of aryl methyl sites for hydroxylation is 1. The average Bonchev–Trinajstić information content (AvgIpc) is 2.70. The molecule has 1 aromatic rings. The molecule has 1 rings (SSSR count). The van der Waals surface area contributed by atoms with Crippen LogP contribution in [0.25, 0.3) is 0 Å². The number of rotatable bonds is 19. The third-order valence-corrected chi connectivity index (χ3v) is 5.70. The SMILES string of the molecule is CC(O)C(=O)CCCCCCCCCCCCCCCCCc1ccccc1. The van der Waals surface area contributed by atoms with Crippen molar-refractivity contribution >= 4 is 5.78 Å². The second-order valence-corrected chi connectivity index (χ2v) is 8.43. The van der Waals surface area contributed by atoms with Gasteiger partial charge >= 0.3 is 0 Å². The molecule has 2 nitrogen and oxygen atoms in total. The smallest absolute Gasteiger partial charge is 0.160 e. The van der Waals surface area contributed by atoms with Gasteiger partial charge in [0.05, 0.1) is 0 Å². The van der Waals surface area contributed by atoms with Crippen molar-refractivity contribution in [3.05, 3.63) is 35.9 Å². The predicted molar refractivity (Wildman–Crippen MR) is 121 cm³/mol. The summed E-state index contributed by atoms with van der Waals surface area (Å²) in [6.07, 6.45) is 20.9. The van der Waals surface area contributed by atoms with E-state index in [-0.39, 0.29) is 5.78 Å². The van der Waals surface area contributed by atoms with Gasteiger partial charge in [0.15, 0.2) is 5.78 Å². The zero-order chi connectivity index (χ0) is 20.3. The van der Waals surface area contributed by atoms with Crippen LogP contribution < -0.4 is 0 Å². The van der Waals surface area contributed by atoms with Gasteiger partial charge < -0.3 is 5.11 Å². The lowest BCUT2D eigenvalue weighted by Crippen LogP contribution is -2.15. The molecule has 1 aromatic carbocycles. The molecule has 0 spiro atoms. The van der Waals surface area contributed by atoms with Crippen molar-refractivity contribution in [2.24, 2.45) is 0 Å². The summed E-state index contributed by atoms with van der Waals surface area (Å²) in [4.78, 5) is 11.3. The van der Waals surface area contributed by atoms with Crippen LogP contribution >= 0.6 is 0 Å². The molecule has 0 bridgehead atoms. The van der Waals surface area contributed by atoms with E-state index in [9.17, 15) is 4.79 Å². The molecule has 0 fully saturated rings. The maximum Gasteiger partial charge on any atom is 0.160 e. The number of carbonyl (C=O) groups excluding carboxylic acids is 1. The monoisotopic (exact) mass is 388 g/mol. The van der Waals surface area contributed by atoms with Crippen molar-refractivity contribution in [1.29, 1.82) is 0 Å². The lowest BCUT2D eigenvalue weighted by molar-refractivity contribution is -0.126. The van der Waals surface area contributed by atoms with E-state index in [0.29, 0.717) is 6.42 Å². The lowest BCUT2D eigenvalue weighted by atomic mass is 10.0. The molecule has 28 heavy (non-hydrogen) atoms. The van der Waals surface area contributed by atoms with E-state index in [1.54, 1.807) is 6.92 Å². The number of hydrogen-bond donors (Lipinski definition) is 1. The van der Waals surface area contributed by atoms with Gasteiger partial charge in [-0.15, -0.1) is 0 Å². The molecule has 160 valence electrons. The highest BCUT2D eigenvalue weighted by molar-refractivity contribution is 5.82. The van der Waals surface area contributed by atoms with E-state index in [4.69, 9.17) is 5.11 Å². The van der Waals surface area contributed by atoms with Crippen LogP contribution in [0.5, 0.6) is 0 Å². The zero-order valence-corrected chi connectivity index (χ0v) is 18.3. The number of benzene rings is 1. The van der Waals surface area contributed by atoms with Crippen LogP contribution in [0.2, 0.25) is 0 Å². The van der Waals surface area contributed by atoms with Gasteiger partial charge in [-0.1, -0.05) is 114 Å². The Labute approximate surface area is 174 Å². The molecule has 0 saturated carbocycles. The highest BCUT2D eigenvalue weighted by atomic mass is 16.3. The second kappa shape index (κ2) is 17.9. The highest BCUT2D eigenvalue weighted by Crippen LogP contribution is 2.14. The summed E-state index contributed by atoms with van der Waals surface area (Å²) in [5.74, 6) is -0.00724. The quantitative estimate of drug-likeness (QED) is 0.250. The summed E-state index contributed by atoms with van der Waals surface area (Å²) >= 11 is 0. The molecule has 0 amide bonds. The summed E-state index contributed by atoms with van der Waals surface area (Å²) in [5.41, 5.74) is 1.48. The first-order chi connectivity index (χ1) is 13.7.